The molecule has 1 N–H and O–H groups in total. The number of aromatic nitrogens is 3. The van der Waals surface area contributed by atoms with Gasteiger partial charge in [-0.2, -0.15) is 4.98 Å². The fourth-order valence-corrected chi connectivity index (χ4v) is 7.08. The molecule has 6 nitrogen and oxygen atoms in total. The van der Waals surface area contributed by atoms with Crippen molar-refractivity contribution in [3.05, 3.63) is 106 Å². The molecule has 0 bridgehead atoms. The first kappa shape index (κ1) is 27.7. The fourth-order valence-electron chi connectivity index (χ4n) is 6.80. The first-order chi connectivity index (χ1) is 21.0. The molecule has 2 atom stereocenters. The Balaban J connectivity index is 1.15. The van der Waals surface area contributed by atoms with Crippen molar-refractivity contribution in [1.29, 1.82) is 0 Å². The van der Waals surface area contributed by atoms with Gasteiger partial charge in [0.25, 0.3) is 5.56 Å². The Bertz CT molecular complexity index is 1870. The molecule has 218 valence electrons. The SMILES string of the molecule is CCn1c(=O)c(-c2ccc(-c3ccccc3F)cc2Cl)cc2cnc(Nc3ccc(C4CCN5CCCC5C4)cc3)nc21. The Kier molecular flexibility index (Phi) is 7.45. The minimum Gasteiger partial charge on any atom is -0.324 e. The number of hydrogen-bond acceptors (Lipinski definition) is 5. The van der Waals surface area contributed by atoms with E-state index < -0.39 is 0 Å². The van der Waals surface area contributed by atoms with Gasteiger partial charge >= 0.3 is 0 Å². The Morgan fingerprint density at radius 3 is 2.60 bits per heavy atom. The molecule has 5 aromatic rings. The van der Waals surface area contributed by atoms with E-state index in [1.54, 1.807) is 53.2 Å². The lowest BCUT2D eigenvalue weighted by atomic mass is 9.85. The van der Waals surface area contributed by atoms with Crippen LogP contribution in [0.4, 0.5) is 16.0 Å². The van der Waals surface area contributed by atoms with Crippen molar-refractivity contribution >= 4 is 34.3 Å². The summed E-state index contributed by atoms with van der Waals surface area (Å²) in [4.78, 5) is 25.6. The van der Waals surface area contributed by atoms with E-state index in [9.17, 15) is 9.18 Å². The van der Waals surface area contributed by atoms with Crippen LogP contribution in [0.2, 0.25) is 5.02 Å². The monoisotopic (exact) mass is 593 g/mol. The number of nitrogens with zero attached hydrogens (tertiary/aromatic N) is 4. The van der Waals surface area contributed by atoms with Crippen LogP contribution < -0.4 is 10.9 Å². The third-order valence-corrected chi connectivity index (χ3v) is 9.36. The summed E-state index contributed by atoms with van der Waals surface area (Å²) in [6.45, 7) is 4.81. The van der Waals surface area contributed by atoms with Gasteiger partial charge in [-0.25, -0.2) is 9.37 Å². The molecule has 0 amide bonds. The van der Waals surface area contributed by atoms with E-state index in [0.717, 1.165) is 17.1 Å². The number of halogens is 2. The maximum atomic E-state index is 14.4. The number of piperidine rings is 1. The molecule has 2 aromatic heterocycles. The summed E-state index contributed by atoms with van der Waals surface area (Å²) < 4.78 is 16.0. The second kappa shape index (κ2) is 11.5. The molecule has 0 saturated carbocycles. The lowest BCUT2D eigenvalue weighted by Crippen LogP contribution is -2.37. The highest BCUT2D eigenvalue weighted by Gasteiger charge is 2.32. The van der Waals surface area contributed by atoms with E-state index >= 15 is 0 Å². The zero-order valence-corrected chi connectivity index (χ0v) is 24.8. The minimum absolute atomic E-state index is 0.196. The predicted octanol–water partition coefficient (Wildman–Crippen LogP) is 8.02. The summed E-state index contributed by atoms with van der Waals surface area (Å²) >= 11 is 6.67. The first-order valence-corrected chi connectivity index (χ1v) is 15.4. The summed E-state index contributed by atoms with van der Waals surface area (Å²) in [5.41, 5.74) is 4.78. The molecule has 2 saturated heterocycles. The highest BCUT2D eigenvalue weighted by Crippen LogP contribution is 2.37. The van der Waals surface area contributed by atoms with Gasteiger partial charge in [0.05, 0.1) is 0 Å². The lowest BCUT2D eigenvalue weighted by Gasteiger charge is -2.35. The number of benzene rings is 3. The van der Waals surface area contributed by atoms with E-state index in [4.69, 9.17) is 16.6 Å². The normalized spacial score (nSPS) is 18.6. The van der Waals surface area contributed by atoms with Crippen LogP contribution in [-0.2, 0) is 6.54 Å². The van der Waals surface area contributed by atoms with Crippen LogP contribution in [0.5, 0.6) is 0 Å². The molecule has 2 aliphatic rings. The molecule has 4 heterocycles. The van der Waals surface area contributed by atoms with Gasteiger partial charge in [0, 0.05) is 51.6 Å². The quantitative estimate of drug-likeness (QED) is 0.216. The maximum absolute atomic E-state index is 14.4. The molecular weight excluding hydrogens is 561 g/mol. The van der Waals surface area contributed by atoms with Crippen LogP contribution in [0.1, 0.15) is 44.1 Å². The average Bonchev–Trinajstić information content (AvgIpc) is 3.50. The molecule has 2 aliphatic heterocycles. The van der Waals surface area contributed by atoms with Crippen LogP contribution in [0.25, 0.3) is 33.3 Å². The van der Waals surface area contributed by atoms with Gasteiger partial charge in [-0.15, -0.1) is 0 Å². The maximum Gasteiger partial charge on any atom is 0.260 e. The number of fused-ring (bicyclic) bond motifs is 2. The Hall–Kier alpha value is -4.07. The number of rotatable bonds is 6. The fraction of sp³-hybridized carbons (Fsp3) is 0.286. The van der Waals surface area contributed by atoms with Crippen LogP contribution >= 0.6 is 11.6 Å². The van der Waals surface area contributed by atoms with E-state index in [-0.39, 0.29) is 11.4 Å². The molecule has 0 radical (unpaired) electrons. The number of aryl methyl sites for hydroxylation is 1. The summed E-state index contributed by atoms with van der Waals surface area (Å²) in [7, 11) is 0. The van der Waals surface area contributed by atoms with Crippen molar-refractivity contribution in [3.8, 4) is 22.3 Å². The Morgan fingerprint density at radius 1 is 0.977 bits per heavy atom. The van der Waals surface area contributed by atoms with Gasteiger partial charge < -0.3 is 10.2 Å². The van der Waals surface area contributed by atoms with Crippen molar-refractivity contribution in [3.63, 3.8) is 0 Å². The molecule has 0 aliphatic carbocycles. The minimum atomic E-state index is -0.326. The number of anilines is 2. The number of hydrogen-bond donors (Lipinski definition) is 1. The third kappa shape index (κ3) is 5.32. The Labute approximate surface area is 255 Å². The molecular formula is C35H33ClFN5O. The van der Waals surface area contributed by atoms with Crippen molar-refractivity contribution in [1.82, 2.24) is 19.4 Å². The van der Waals surface area contributed by atoms with E-state index in [2.05, 4.69) is 39.5 Å². The van der Waals surface area contributed by atoms with Gasteiger partial charge in [-0.3, -0.25) is 9.36 Å². The molecule has 3 aromatic carbocycles. The van der Waals surface area contributed by atoms with Crippen LogP contribution in [-0.4, -0.2) is 38.6 Å². The largest absolute Gasteiger partial charge is 0.324 e. The molecule has 2 fully saturated rings. The van der Waals surface area contributed by atoms with Crippen LogP contribution in [0.15, 0.2) is 83.8 Å². The molecule has 2 unspecified atom stereocenters. The topological polar surface area (TPSA) is 63.1 Å². The second-order valence-electron chi connectivity index (χ2n) is 11.6. The number of pyridine rings is 1. The average molecular weight is 594 g/mol. The summed E-state index contributed by atoms with van der Waals surface area (Å²) in [6, 6.07) is 22.9. The first-order valence-electron chi connectivity index (χ1n) is 15.0. The summed E-state index contributed by atoms with van der Waals surface area (Å²) in [5, 5.41) is 4.42. The zero-order chi connectivity index (χ0) is 29.5. The van der Waals surface area contributed by atoms with E-state index in [1.165, 1.54) is 50.4 Å². The molecule has 0 spiro atoms. The van der Waals surface area contributed by atoms with Crippen LogP contribution in [0.3, 0.4) is 0 Å². The van der Waals surface area contributed by atoms with E-state index in [1.807, 2.05) is 6.92 Å². The summed E-state index contributed by atoms with van der Waals surface area (Å²) in [6.07, 6.45) is 6.85. The third-order valence-electron chi connectivity index (χ3n) is 9.05. The van der Waals surface area contributed by atoms with Crippen molar-refractivity contribution in [2.24, 2.45) is 0 Å². The molecule has 7 rings (SSSR count). The highest BCUT2D eigenvalue weighted by atomic mass is 35.5. The molecule has 8 heteroatoms. The Morgan fingerprint density at radius 2 is 1.81 bits per heavy atom. The van der Waals surface area contributed by atoms with Crippen molar-refractivity contribution in [2.45, 2.75) is 51.1 Å². The zero-order valence-electron chi connectivity index (χ0n) is 24.1. The lowest BCUT2D eigenvalue weighted by molar-refractivity contribution is 0.181. The van der Waals surface area contributed by atoms with Crippen molar-refractivity contribution < 1.29 is 4.39 Å². The van der Waals surface area contributed by atoms with Gasteiger partial charge in [-0.1, -0.05) is 54.1 Å². The van der Waals surface area contributed by atoms with Gasteiger partial charge in [0.1, 0.15) is 11.5 Å². The summed E-state index contributed by atoms with van der Waals surface area (Å²) in [5.74, 6) is 0.719. The highest BCUT2D eigenvalue weighted by molar-refractivity contribution is 6.33. The van der Waals surface area contributed by atoms with Gasteiger partial charge in [-0.05, 0) is 93.1 Å². The smallest absolute Gasteiger partial charge is 0.260 e. The number of nitrogens with one attached hydrogen (secondary N) is 1. The van der Waals surface area contributed by atoms with Gasteiger partial charge in [0.2, 0.25) is 5.95 Å². The molecule has 43 heavy (non-hydrogen) atoms. The van der Waals surface area contributed by atoms with Crippen LogP contribution in [0, 0.1) is 5.82 Å². The standard InChI is InChI=1S/C35H33ClFN5O/c1-2-42-33-25(19-30(34(42)43)29-14-11-24(20-31(29)36)28-7-3-4-8-32(28)37)21-38-35(40-33)39-26-12-9-22(10-13-26)23-15-17-41-16-5-6-27(41)18-23/h3-4,7-14,19-21,23,27H,2,5-6,15-18H2,1H3,(H,38,39,40). The predicted molar refractivity (Wildman–Crippen MR) is 172 cm³/mol. The van der Waals surface area contributed by atoms with Gasteiger partial charge in [0.15, 0.2) is 0 Å². The second-order valence-corrected chi connectivity index (χ2v) is 12.0. The van der Waals surface area contributed by atoms with Crippen molar-refractivity contribution in [2.75, 3.05) is 18.4 Å². The van der Waals surface area contributed by atoms with E-state index in [0.29, 0.717) is 51.3 Å².